The van der Waals surface area contributed by atoms with Crippen molar-refractivity contribution in [3.63, 3.8) is 0 Å². The van der Waals surface area contributed by atoms with Crippen molar-refractivity contribution in [2.24, 2.45) is 10.9 Å². The van der Waals surface area contributed by atoms with Crippen molar-refractivity contribution in [2.45, 2.75) is 13.5 Å². The number of ether oxygens (including phenoxy) is 1. The normalized spacial score (nSPS) is 11.2. The first-order valence-corrected chi connectivity index (χ1v) is 7.64. The molecule has 2 N–H and O–H groups in total. The van der Waals surface area contributed by atoms with E-state index < -0.39 is 23.8 Å². The zero-order valence-corrected chi connectivity index (χ0v) is 14.9. The molecule has 0 aromatic heterocycles. The van der Waals surface area contributed by atoms with E-state index in [1.165, 1.54) is 21.0 Å². The number of nitrogens with zero attached hydrogens (tertiary/aromatic N) is 1. The molecule has 1 rings (SSSR count). The third kappa shape index (κ3) is 5.50. The van der Waals surface area contributed by atoms with Crippen molar-refractivity contribution in [2.75, 3.05) is 14.1 Å². The van der Waals surface area contributed by atoms with Gasteiger partial charge in [0.1, 0.15) is 6.61 Å². The topological polar surface area (TPSA) is 96.9 Å². The van der Waals surface area contributed by atoms with Gasteiger partial charge in [0.2, 0.25) is 11.8 Å². The largest absolute Gasteiger partial charge is 0.443 e. The maximum atomic E-state index is 11.8. The first-order valence-electron chi connectivity index (χ1n) is 6.89. The molecule has 0 bridgehead atoms. The van der Waals surface area contributed by atoms with Gasteiger partial charge in [-0.2, -0.15) is 4.99 Å². The van der Waals surface area contributed by atoms with Crippen LogP contribution in [0.3, 0.4) is 0 Å². The van der Waals surface area contributed by atoms with Gasteiger partial charge in [0.25, 0.3) is 0 Å². The number of hydrogen-bond acceptors (Lipinski definition) is 4. The molecule has 1 aromatic carbocycles. The SMILES string of the molecule is CNC(=O)C(C(=O)NC)C(C)=NC(=O)OCc1ccc(Cl)c(Cl)c1. The summed E-state index contributed by atoms with van der Waals surface area (Å²) in [7, 11) is 2.77. The average Bonchev–Trinajstić information content (AvgIpc) is 2.55. The summed E-state index contributed by atoms with van der Waals surface area (Å²) in [6.45, 7) is 1.33. The molecule has 0 aliphatic heterocycles. The van der Waals surface area contributed by atoms with Crippen LogP contribution in [0.15, 0.2) is 23.2 Å². The van der Waals surface area contributed by atoms with Crippen molar-refractivity contribution < 1.29 is 19.1 Å². The van der Waals surface area contributed by atoms with Crippen LogP contribution in [0.1, 0.15) is 12.5 Å². The highest BCUT2D eigenvalue weighted by atomic mass is 35.5. The second-order valence-electron chi connectivity index (χ2n) is 4.72. The zero-order valence-electron chi connectivity index (χ0n) is 13.4. The van der Waals surface area contributed by atoms with E-state index in [0.29, 0.717) is 15.6 Å². The van der Waals surface area contributed by atoms with Gasteiger partial charge in [-0.3, -0.25) is 9.59 Å². The van der Waals surface area contributed by atoms with E-state index in [1.54, 1.807) is 18.2 Å². The highest BCUT2D eigenvalue weighted by Crippen LogP contribution is 2.22. The van der Waals surface area contributed by atoms with Gasteiger partial charge < -0.3 is 15.4 Å². The third-order valence-corrected chi connectivity index (χ3v) is 3.79. The molecular formula is C15H17Cl2N3O4. The molecule has 9 heteroatoms. The fraction of sp³-hybridized carbons (Fsp3) is 0.333. The fourth-order valence-electron chi connectivity index (χ4n) is 1.80. The molecule has 7 nitrogen and oxygen atoms in total. The Morgan fingerprint density at radius 2 is 1.71 bits per heavy atom. The van der Waals surface area contributed by atoms with Crippen LogP contribution in [-0.2, 0) is 20.9 Å². The molecule has 24 heavy (non-hydrogen) atoms. The van der Waals surface area contributed by atoms with Crippen LogP contribution in [-0.4, -0.2) is 37.7 Å². The summed E-state index contributed by atoms with van der Waals surface area (Å²) >= 11 is 11.7. The van der Waals surface area contributed by atoms with E-state index in [1.807, 2.05) is 0 Å². The second-order valence-corrected chi connectivity index (χ2v) is 5.53. The number of amides is 3. The third-order valence-electron chi connectivity index (χ3n) is 3.05. The van der Waals surface area contributed by atoms with Gasteiger partial charge in [-0.1, -0.05) is 29.3 Å². The van der Waals surface area contributed by atoms with Gasteiger partial charge in [0.05, 0.1) is 10.0 Å². The molecule has 0 spiro atoms. The number of halogens is 2. The summed E-state index contributed by atoms with van der Waals surface area (Å²) in [5, 5.41) is 5.41. The molecule has 0 saturated carbocycles. The Labute approximate surface area is 149 Å². The number of carbonyl (C=O) groups is 3. The maximum absolute atomic E-state index is 11.8. The summed E-state index contributed by atoms with van der Waals surface area (Å²) in [5.41, 5.74) is 0.646. The Bertz CT molecular complexity index is 661. The standard InChI is InChI=1S/C15H17Cl2N3O4/c1-8(12(13(21)18-2)14(22)19-3)20-15(23)24-7-9-4-5-10(16)11(17)6-9/h4-6,12H,7H2,1-3H3,(H,18,21)(H,19,22). The van der Waals surface area contributed by atoms with E-state index in [9.17, 15) is 14.4 Å². The van der Waals surface area contributed by atoms with E-state index in [4.69, 9.17) is 27.9 Å². The maximum Gasteiger partial charge on any atom is 0.433 e. The van der Waals surface area contributed by atoms with Crippen LogP contribution in [0.2, 0.25) is 10.0 Å². The van der Waals surface area contributed by atoms with Crippen LogP contribution in [0.4, 0.5) is 4.79 Å². The second kappa shape index (κ2) is 9.24. The predicted molar refractivity (Wildman–Crippen MR) is 91.4 cm³/mol. The Morgan fingerprint density at radius 3 is 2.21 bits per heavy atom. The molecule has 0 radical (unpaired) electrons. The molecule has 1 aromatic rings. The van der Waals surface area contributed by atoms with Crippen molar-refractivity contribution in [1.29, 1.82) is 0 Å². The first kappa shape index (κ1) is 19.9. The fourth-order valence-corrected chi connectivity index (χ4v) is 2.12. The number of nitrogens with one attached hydrogen (secondary N) is 2. The molecular weight excluding hydrogens is 357 g/mol. The van der Waals surface area contributed by atoms with Crippen LogP contribution < -0.4 is 10.6 Å². The van der Waals surface area contributed by atoms with Crippen molar-refractivity contribution >= 4 is 46.8 Å². The zero-order chi connectivity index (χ0) is 18.3. The molecule has 0 aliphatic carbocycles. The van der Waals surface area contributed by atoms with Crippen LogP contribution >= 0.6 is 23.2 Å². The van der Waals surface area contributed by atoms with Crippen molar-refractivity contribution in [1.82, 2.24) is 10.6 Å². The van der Waals surface area contributed by atoms with Gasteiger partial charge in [0, 0.05) is 19.8 Å². The summed E-state index contributed by atoms with van der Waals surface area (Å²) in [5.74, 6) is -2.36. The minimum atomic E-state index is -1.21. The lowest BCUT2D eigenvalue weighted by Gasteiger charge is -2.13. The minimum absolute atomic E-state index is 0.0211. The molecule has 0 unspecified atom stereocenters. The summed E-state index contributed by atoms with van der Waals surface area (Å²) in [6.07, 6.45) is -0.920. The lowest BCUT2D eigenvalue weighted by molar-refractivity contribution is -0.131. The number of benzene rings is 1. The molecule has 3 amide bonds. The highest BCUT2D eigenvalue weighted by molar-refractivity contribution is 6.42. The van der Waals surface area contributed by atoms with Gasteiger partial charge >= 0.3 is 6.09 Å². The molecule has 0 heterocycles. The average molecular weight is 374 g/mol. The Morgan fingerprint density at radius 1 is 1.12 bits per heavy atom. The van der Waals surface area contributed by atoms with Crippen LogP contribution in [0, 0.1) is 5.92 Å². The van der Waals surface area contributed by atoms with Crippen molar-refractivity contribution in [3.8, 4) is 0 Å². The highest BCUT2D eigenvalue weighted by Gasteiger charge is 2.28. The van der Waals surface area contributed by atoms with E-state index in [0.717, 1.165) is 0 Å². The lowest BCUT2D eigenvalue weighted by atomic mass is 10.0. The summed E-state index contributed by atoms with van der Waals surface area (Å²) in [4.78, 5) is 38.9. The Balaban J connectivity index is 2.78. The van der Waals surface area contributed by atoms with E-state index in [2.05, 4.69) is 15.6 Å². The first-order chi connectivity index (χ1) is 11.3. The quantitative estimate of drug-likeness (QED) is 0.610. The Kier molecular flexibility index (Phi) is 7.67. The summed E-state index contributed by atoms with van der Waals surface area (Å²) in [6, 6.07) is 4.79. The van der Waals surface area contributed by atoms with Crippen LogP contribution in [0.25, 0.3) is 0 Å². The summed E-state index contributed by atoms with van der Waals surface area (Å²) < 4.78 is 4.98. The lowest BCUT2D eigenvalue weighted by Crippen LogP contribution is -2.42. The van der Waals surface area contributed by atoms with Gasteiger partial charge in [0.15, 0.2) is 5.92 Å². The smallest absolute Gasteiger partial charge is 0.433 e. The predicted octanol–water partition coefficient (Wildman–Crippen LogP) is 2.20. The Hall–Kier alpha value is -2.12. The van der Waals surface area contributed by atoms with E-state index >= 15 is 0 Å². The van der Waals surface area contributed by atoms with Gasteiger partial charge in [-0.05, 0) is 24.6 Å². The number of aliphatic imine (C=N–C) groups is 1. The van der Waals surface area contributed by atoms with Crippen LogP contribution in [0.5, 0.6) is 0 Å². The van der Waals surface area contributed by atoms with Gasteiger partial charge in [-0.15, -0.1) is 0 Å². The molecule has 0 atom stereocenters. The number of rotatable bonds is 5. The minimum Gasteiger partial charge on any atom is -0.443 e. The number of carbonyl (C=O) groups excluding carboxylic acids is 3. The van der Waals surface area contributed by atoms with E-state index in [-0.39, 0.29) is 12.3 Å². The molecule has 0 aliphatic rings. The van der Waals surface area contributed by atoms with Gasteiger partial charge in [-0.25, -0.2) is 4.79 Å². The number of hydrogen-bond donors (Lipinski definition) is 2. The molecule has 130 valence electrons. The molecule has 0 fully saturated rings. The monoisotopic (exact) mass is 373 g/mol. The van der Waals surface area contributed by atoms with Crippen molar-refractivity contribution in [3.05, 3.63) is 33.8 Å². The molecule has 0 saturated heterocycles.